The first-order chi connectivity index (χ1) is 10.7. The summed E-state index contributed by atoms with van der Waals surface area (Å²) in [6.07, 6.45) is 9.96. The van der Waals surface area contributed by atoms with E-state index in [0.717, 1.165) is 25.3 Å². The van der Waals surface area contributed by atoms with Gasteiger partial charge >= 0.3 is 0 Å². The largest absolute Gasteiger partial charge is 0.337 e. The Morgan fingerprint density at radius 1 is 1.32 bits per heavy atom. The standard InChI is InChI=1S/C17H26N4O/c1-3-20-12-15(14(2)18-20)11-19-9-10-21(17(22)13-19)16-7-5-4-6-8-16/h3,12,16H,1,4-11,13H2,2H3. The van der Waals surface area contributed by atoms with Crippen molar-refractivity contribution in [3.8, 4) is 0 Å². The molecule has 5 heteroatoms. The summed E-state index contributed by atoms with van der Waals surface area (Å²) in [7, 11) is 0. The lowest BCUT2D eigenvalue weighted by molar-refractivity contribution is -0.139. The SMILES string of the molecule is C=Cn1cc(CN2CCN(C3CCCCC3)C(=O)C2)c(C)n1. The summed E-state index contributed by atoms with van der Waals surface area (Å²) >= 11 is 0. The molecule has 1 aromatic rings. The molecule has 0 bridgehead atoms. The van der Waals surface area contributed by atoms with Crippen molar-refractivity contribution in [3.05, 3.63) is 24.0 Å². The zero-order valence-electron chi connectivity index (χ0n) is 13.5. The van der Waals surface area contributed by atoms with Gasteiger partial charge in [0, 0.05) is 43.6 Å². The van der Waals surface area contributed by atoms with Crippen molar-refractivity contribution in [2.75, 3.05) is 19.6 Å². The number of hydrogen-bond donors (Lipinski definition) is 0. The van der Waals surface area contributed by atoms with Crippen LogP contribution in [-0.4, -0.2) is 51.2 Å². The van der Waals surface area contributed by atoms with E-state index in [-0.39, 0.29) is 0 Å². The zero-order valence-corrected chi connectivity index (χ0v) is 13.5. The lowest BCUT2D eigenvalue weighted by Gasteiger charge is -2.40. The average Bonchev–Trinajstić information content (AvgIpc) is 2.88. The fourth-order valence-electron chi connectivity index (χ4n) is 3.66. The van der Waals surface area contributed by atoms with E-state index < -0.39 is 0 Å². The van der Waals surface area contributed by atoms with E-state index in [1.807, 2.05) is 13.1 Å². The van der Waals surface area contributed by atoms with E-state index in [1.165, 1.54) is 37.7 Å². The van der Waals surface area contributed by atoms with Crippen molar-refractivity contribution in [2.24, 2.45) is 0 Å². The summed E-state index contributed by atoms with van der Waals surface area (Å²) in [5.74, 6) is 0.298. The number of piperazine rings is 1. The van der Waals surface area contributed by atoms with E-state index >= 15 is 0 Å². The van der Waals surface area contributed by atoms with Gasteiger partial charge in [-0.1, -0.05) is 25.8 Å². The third-order valence-electron chi connectivity index (χ3n) is 4.95. The molecule has 22 heavy (non-hydrogen) atoms. The highest BCUT2D eigenvalue weighted by molar-refractivity contribution is 5.79. The molecule has 2 aliphatic rings. The van der Waals surface area contributed by atoms with Gasteiger partial charge in [-0.25, -0.2) is 4.68 Å². The second-order valence-corrected chi connectivity index (χ2v) is 6.49. The van der Waals surface area contributed by atoms with Crippen molar-refractivity contribution in [3.63, 3.8) is 0 Å². The van der Waals surface area contributed by atoms with Crippen molar-refractivity contribution < 1.29 is 4.79 Å². The summed E-state index contributed by atoms with van der Waals surface area (Å²) < 4.78 is 1.74. The molecule has 0 spiro atoms. The molecule has 2 heterocycles. The summed E-state index contributed by atoms with van der Waals surface area (Å²) in [4.78, 5) is 16.9. The lowest BCUT2D eigenvalue weighted by atomic mass is 9.93. The number of aromatic nitrogens is 2. The van der Waals surface area contributed by atoms with E-state index in [2.05, 4.69) is 21.5 Å². The Labute approximate surface area is 132 Å². The molecular formula is C17H26N4O. The second kappa shape index (κ2) is 6.65. The molecule has 2 fully saturated rings. The summed E-state index contributed by atoms with van der Waals surface area (Å²) in [6, 6.07) is 0.494. The van der Waals surface area contributed by atoms with Gasteiger partial charge in [0.15, 0.2) is 0 Å². The smallest absolute Gasteiger partial charge is 0.237 e. The summed E-state index contributed by atoms with van der Waals surface area (Å²) in [5.41, 5.74) is 2.20. The van der Waals surface area contributed by atoms with Gasteiger partial charge in [-0.3, -0.25) is 9.69 Å². The molecule has 1 aliphatic heterocycles. The molecule has 120 valence electrons. The van der Waals surface area contributed by atoms with Crippen LogP contribution in [-0.2, 0) is 11.3 Å². The molecule has 1 amide bonds. The minimum Gasteiger partial charge on any atom is -0.337 e. The predicted octanol–water partition coefficient (Wildman–Crippen LogP) is 2.27. The van der Waals surface area contributed by atoms with Crippen LogP contribution in [0.3, 0.4) is 0 Å². The molecule has 1 saturated heterocycles. The maximum absolute atomic E-state index is 12.5. The molecule has 1 aromatic heterocycles. The topological polar surface area (TPSA) is 41.4 Å². The number of aryl methyl sites for hydroxylation is 1. The van der Waals surface area contributed by atoms with Gasteiger partial charge < -0.3 is 4.90 Å². The molecule has 0 radical (unpaired) electrons. The van der Waals surface area contributed by atoms with Gasteiger partial charge in [-0.2, -0.15) is 5.10 Å². The Hall–Kier alpha value is -1.62. The van der Waals surface area contributed by atoms with Crippen LogP contribution in [0.25, 0.3) is 6.20 Å². The van der Waals surface area contributed by atoms with Crippen LogP contribution in [0.5, 0.6) is 0 Å². The summed E-state index contributed by atoms with van der Waals surface area (Å²) in [6.45, 7) is 8.91. The van der Waals surface area contributed by atoms with Crippen LogP contribution in [0.15, 0.2) is 12.8 Å². The van der Waals surface area contributed by atoms with Crippen LogP contribution in [0.4, 0.5) is 0 Å². The summed E-state index contributed by atoms with van der Waals surface area (Å²) in [5, 5.41) is 4.38. The average molecular weight is 302 g/mol. The van der Waals surface area contributed by atoms with E-state index in [4.69, 9.17) is 0 Å². The first kappa shape index (κ1) is 15.3. The van der Waals surface area contributed by atoms with Gasteiger partial charge in [0.25, 0.3) is 0 Å². The van der Waals surface area contributed by atoms with Gasteiger partial charge in [0.1, 0.15) is 0 Å². The maximum Gasteiger partial charge on any atom is 0.237 e. The first-order valence-corrected chi connectivity index (χ1v) is 8.36. The molecule has 1 saturated carbocycles. The van der Waals surface area contributed by atoms with Crippen molar-refractivity contribution in [1.29, 1.82) is 0 Å². The van der Waals surface area contributed by atoms with E-state index in [0.29, 0.717) is 18.5 Å². The second-order valence-electron chi connectivity index (χ2n) is 6.49. The van der Waals surface area contributed by atoms with Crippen LogP contribution >= 0.6 is 0 Å². The van der Waals surface area contributed by atoms with Gasteiger partial charge in [-0.15, -0.1) is 0 Å². The number of carbonyl (C=O) groups is 1. The van der Waals surface area contributed by atoms with Crippen molar-refractivity contribution in [1.82, 2.24) is 19.6 Å². The Kier molecular flexibility index (Phi) is 4.62. The Bertz CT molecular complexity index is 545. The zero-order chi connectivity index (χ0) is 15.5. The Morgan fingerprint density at radius 2 is 2.09 bits per heavy atom. The number of amides is 1. The maximum atomic E-state index is 12.5. The molecular weight excluding hydrogens is 276 g/mol. The van der Waals surface area contributed by atoms with Gasteiger partial charge in [0.2, 0.25) is 5.91 Å². The molecule has 1 aliphatic carbocycles. The number of rotatable bonds is 4. The van der Waals surface area contributed by atoms with Gasteiger partial charge in [0.05, 0.1) is 12.2 Å². The fourth-order valence-corrected chi connectivity index (χ4v) is 3.66. The third-order valence-corrected chi connectivity index (χ3v) is 4.95. The fraction of sp³-hybridized carbons (Fsp3) is 0.647. The quantitative estimate of drug-likeness (QED) is 0.857. The lowest BCUT2D eigenvalue weighted by Crippen LogP contribution is -2.54. The van der Waals surface area contributed by atoms with E-state index in [9.17, 15) is 4.79 Å². The van der Waals surface area contributed by atoms with E-state index in [1.54, 1.807) is 10.9 Å². The Balaban J connectivity index is 1.58. The highest BCUT2D eigenvalue weighted by Gasteiger charge is 2.30. The molecule has 0 aromatic carbocycles. The molecule has 0 unspecified atom stereocenters. The third kappa shape index (κ3) is 3.24. The van der Waals surface area contributed by atoms with Crippen LogP contribution < -0.4 is 0 Å². The normalized spacial score (nSPS) is 21.3. The molecule has 3 rings (SSSR count). The van der Waals surface area contributed by atoms with Crippen LogP contribution in [0.1, 0.15) is 43.4 Å². The highest BCUT2D eigenvalue weighted by atomic mass is 16.2. The number of carbonyl (C=O) groups excluding carboxylic acids is 1. The highest BCUT2D eigenvalue weighted by Crippen LogP contribution is 2.24. The van der Waals surface area contributed by atoms with Crippen molar-refractivity contribution in [2.45, 2.75) is 51.6 Å². The van der Waals surface area contributed by atoms with Gasteiger partial charge in [-0.05, 0) is 19.8 Å². The Morgan fingerprint density at radius 3 is 2.73 bits per heavy atom. The van der Waals surface area contributed by atoms with Crippen LogP contribution in [0, 0.1) is 6.92 Å². The van der Waals surface area contributed by atoms with Crippen LogP contribution in [0.2, 0.25) is 0 Å². The minimum atomic E-state index is 0.298. The molecule has 0 atom stereocenters. The van der Waals surface area contributed by atoms with Crippen molar-refractivity contribution >= 4 is 12.1 Å². The minimum absolute atomic E-state index is 0.298. The molecule has 5 nitrogen and oxygen atoms in total. The first-order valence-electron chi connectivity index (χ1n) is 8.36. The monoisotopic (exact) mass is 302 g/mol. The number of hydrogen-bond acceptors (Lipinski definition) is 3. The predicted molar refractivity (Wildman–Crippen MR) is 87.2 cm³/mol. The number of nitrogens with zero attached hydrogens (tertiary/aromatic N) is 4. The molecule has 0 N–H and O–H groups in total.